The molecule has 2 rings (SSSR count). The van der Waals surface area contributed by atoms with Crippen LogP contribution < -0.4 is 16.0 Å². The van der Waals surface area contributed by atoms with Gasteiger partial charge in [0.05, 0.1) is 6.04 Å². The van der Waals surface area contributed by atoms with Crippen molar-refractivity contribution in [1.29, 1.82) is 0 Å². The number of amides is 2. The summed E-state index contributed by atoms with van der Waals surface area (Å²) in [6, 6.07) is 2.72. The minimum absolute atomic E-state index is 0.157. The Hall–Kier alpha value is -2.02. The van der Waals surface area contributed by atoms with Crippen molar-refractivity contribution >= 4 is 35.2 Å². The van der Waals surface area contributed by atoms with Crippen LogP contribution in [-0.2, 0) is 9.53 Å². The summed E-state index contributed by atoms with van der Waals surface area (Å²) in [5, 5.41) is 3.08. The maximum absolute atomic E-state index is 12.1. The molecular weight excluding hydrogens is 308 g/mol. The Morgan fingerprint density at radius 3 is 2.77 bits per heavy atom. The zero-order valence-electron chi connectivity index (χ0n) is 12.7. The number of nitrogens with two attached hydrogens (primary N) is 1. The number of pyridine rings is 1. The minimum Gasteiger partial charge on any atom is -0.444 e. The van der Waals surface area contributed by atoms with Crippen molar-refractivity contribution in [2.24, 2.45) is 0 Å². The number of nitrogens with one attached hydrogen (secondary N) is 1. The van der Waals surface area contributed by atoms with Gasteiger partial charge in [-0.25, -0.2) is 9.78 Å². The zero-order valence-corrected chi connectivity index (χ0v) is 13.5. The summed E-state index contributed by atoms with van der Waals surface area (Å²) in [7, 11) is 0. The molecule has 0 aliphatic carbocycles. The van der Waals surface area contributed by atoms with Gasteiger partial charge in [-0.2, -0.15) is 0 Å². The summed E-state index contributed by atoms with van der Waals surface area (Å²) in [6.07, 6.45) is -0.376. The fraction of sp³-hybridized carbons (Fsp3) is 0.500. The van der Waals surface area contributed by atoms with Crippen LogP contribution in [-0.4, -0.2) is 35.2 Å². The van der Waals surface area contributed by atoms with Gasteiger partial charge in [-0.1, -0.05) is 11.6 Å². The normalized spacial score (nSPS) is 18.5. The number of rotatable bonds is 2. The molecule has 0 radical (unpaired) electrons. The first-order chi connectivity index (χ1) is 10.1. The van der Waals surface area contributed by atoms with E-state index in [0.29, 0.717) is 17.4 Å². The summed E-state index contributed by atoms with van der Waals surface area (Å²) in [6.45, 7) is 5.62. The average molecular weight is 327 g/mol. The van der Waals surface area contributed by atoms with Gasteiger partial charge in [0.1, 0.15) is 17.2 Å². The van der Waals surface area contributed by atoms with Crippen molar-refractivity contribution in [2.45, 2.75) is 38.8 Å². The van der Waals surface area contributed by atoms with Gasteiger partial charge in [0.15, 0.2) is 0 Å². The second-order valence-electron chi connectivity index (χ2n) is 6.12. The topological polar surface area (TPSA) is 97.5 Å². The van der Waals surface area contributed by atoms with Crippen LogP contribution in [0.3, 0.4) is 0 Å². The van der Waals surface area contributed by atoms with Crippen molar-refractivity contribution in [3.63, 3.8) is 0 Å². The lowest BCUT2D eigenvalue weighted by atomic mass is 10.2. The maximum Gasteiger partial charge on any atom is 0.407 e. The van der Waals surface area contributed by atoms with E-state index in [4.69, 9.17) is 22.1 Å². The molecule has 8 heteroatoms. The summed E-state index contributed by atoms with van der Waals surface area (Å²) < 4.78 is 5.18. The molecule has 3 N–H and O–H groups in total. The van der Waals surface area contributed by atoms with Crippen LogP contribution in [0, 0.1) is 0 Å². The zero-order chi connectivity index (χ0) is 16.5. The van der Waals surface area contributed by atoms with Gasteiger partial charge in [-0.05, 0) is 32.9 Å². The smallest absolute Gasteiger partial charge is 0.407 e. The number of carbonyl (C=O) groups excluding carboxylic acids is 2. The number of halogens is 1. The van der Waals surface area contributed by atoms with Gasteiger partial charge in [0, 0.05) is 18.0 Å². The summed E-state index contributed by atoms with van der Waals surface area (Å²) in [5.41, 5.74) is 5.05. The van der Waals surface area contributed by atoms with E-state index in [-0.39, 0.29) is 24.2 Å². The van der Waals surface area contributed by atoms with E-state index in [0.717, 1.165) is 0 Å². The first kappa shape index (κ1) is 16.4. The van der Waals surface area contributed by atoms with Crippen molar-refractivity contribution in [3.8, 4) is 0 Å². The van der Waals surface area contributed by atoms with E-state index in [1.54, 1.807) is 26.8 Å². The Bertz CT molecular complexity index is 580. The highest BCUT2D eigenvalue weighted by Gasteiger charge is 2.33. The van der Waals surface area contributed by atoms with Crippen molar-refractivity contribution in [3.05, 3.63) is 17.2 Å². The fourth-order valence-corrected chi connectivity index (χ4v) is 2.35. The summed E-state index contributed by atoms with van der Waals surface area (Å²) >= 11 is 5.92. The van der Waals surface area contributed by atoms with Crippen LogP contribution in [0.2, 0.25) is 5.02 Å². The van der Waals surface area contributed by atoms with Gasteiger partial charge >= 0.3 is 6.09 Å². The predicted octanol–water partition coefficient (Wildman–Crippen LogP) is 1.95. The number of nitrogens with zero attached hydrogens (tertiary/aromatic N) is 2. The summed E-state index contributed by atoms with van der Waals surface area (Å²) in [4.78, 5) is 29.4. The number of hydrogen-bond acceptors (Lipinski definition) is 5. The number of anilines is 2. The molecule has 2 amide bonds. The molecule has 1 aliphatic heterocycles. The van der Waals surface area contributed by atoms with Gasteiger partial charge in [0.25, 0.3) is 0 Å². The molecule has 1 atom stereocenters. The Labute approximate surface area is 133 Å². The lowest BCUT2D eigenvalue weighted by molar-refractivity contribution is -0.117. The number of aromatic nitrogens is 1. The highest BCUT2D eigenvalue weighted by molar-refractivity contribution is 6.31. The van der Waals surface area contributed by atoms with Gasteiger partial charge in [-0.3, -0.25) is 9.69 Å². The molecule has 1 aliphatic rings. The molecule has 0 spiro atoms. The number of ether oxygens (including phenoxy) is 1. The van der Waals surface area contributed by atoms with Crippen LogP contribution in [0.4, 0.5) is 16.4 Å². The molecule has 0 unspecified atom stereocenters. The Morgan fingerprint density at radius 1 is 1.50 bits per heavy atom. The molecule has 1 aromatic rings. The third kappa shape index (κ3) is 4.24. The van der Waals surface area contributed by atoms with E-state index in [2.05, 4.69) is 10.3 Å². The van der Waals surface area contributed by atoms with E-state index >= 15 is 0 Å². The van der Waals surface area contributed by atoms with Crippen LogP contribution in [0.1, 0.15) is 27.2 Å². The molecule has 1 fully saturated rings. The lowest BCUT2D eigenvalue weighted by Crippen LogP contribution is -2.40. The molecule has 2 heterocycles. The molecule has 0 saturated carbocycles. The summed E-state index contributed by atoms with van der Waals surface area (Å²) in [5.74, 6) is 0.456. The van der Waals surface area contributed by atoms with Crippen LogP contribution in [0.5, 0.6) is 0 Å². The van der Waals surface area contributed by atoms with Gasteiger partial charge in [-0.15, -0.1) is 0 Å². The van der Waals surface area contributed by atoms with Crippen molar-refractivity contribution in [2.75, 3.05) is 17.2 Å². The van der Waals surface area contributed by atoms with Gasteiger partial charge in [0.2, 0.25) is 5.91 Å². The van der Waals surface area contributed by atoms with E-state index in [9.17, 15) is 9.59 Å². The monoisotopic (exact) mass is 326 g/mol. The van der Waals surface area contributed by atoms with Crippen LogP contribution in [0.15, 0.2) is 12.1 Å². The second-order valence-corrected chi connectivity index (χ2v) is 6.56. The Morgan fingerprint density at radius 2 is 2.18 bits per heavy atom. The molecule has 1 saturated heterocycles. The van der Waals surface area contributed by atoms with E-state index < -0.39 is 11.7 Å². The highest BCUT2D eigenvalue weighted by atomic mass is 35.5. The fourth-order valence-electron chi connectivity index (χ4n) is 2.14. The number of nitrogen functional groups attached to an aromatic ring is 1. The largest absolute Gasteiger partial charge is 0.444 e. The quantitative estimate of drug-likeness (QED) is 0.865. The Balaban J connectivity index is 2.03. The maximum atomic E-state index is 12.1. The number of alkyl carbamates (subject to hydrolysis) is 1. The predicted molar refractivity (Wildman–Crippen MR) is 83.8 cm³/mol. The van der Waals surface area contributed by atoms with Crippen molar-refractivity contribution < 1.29 is 14.3 Å². The average Bonchev–Trinajstić information content (AvgIpc) is 2.66. The molecular formula is C14H19ClN4O3. The number of hydrogen-bond donors (Lipinski definition) is 2. The third-order valence-electron chi connectivity index (χ3n) is 2.92. The molecule has 120 valence electrons. The molecule has 1 aromatic heterocycles. The lowest BCUT2D eigenvalue weighted by Gasteiger charge is -2.21. The van der Waals surface area contributed by atoms with Gasteiger partial charge < -0.3 is 15.8 Å². The van der Waals surface area contributed by atoms with Crippen LogP contribution >= 0.6 is 11.6 Å². The molecule has 22 heavy (non-hydrogen) atoms. The molecule has 0 aromatic carbocycles. The third-order valence-corrected chi connectivity index (χ3v) is 3.14. The number of carbonyl (C=O) groups is 2. The second kappa shape index (κ2) is 6.00. The first-order valence-electron chi connectivity index (χ1n) is 6.87. The Kier molecular flexibility index (Phi) is 4.46. The van der Waals surface area contributed by atoms with Crippen LogP contribution in [0.25, 0.3) is 0 Å². The molecule has 7 nitrogen and oxygen atoms in total. The minimum atomic E-state index is -0.588. The van der Waals surface area contributed by atoms with E-state index in [1.165, 1.54) is 11.0 Å². The SMILES string of the molecule is CC(C)(C)OC(=O)N[C@H]1CC(=O)N(c2cc(Cl)cc(N)n2)C1. The van der Waals surface area contributed by atoms with Crippen molar-refractivity contribution in [1.82, 2.24) is 10.3 Å². The first-order valence-corrected chi connectivity index (χ1v) is 7.25. The highest BCUT2D eigenvalue weighted by Crippen LogP contribution is 2.24. The van der Waals surface area contributed by atoms with E-state index in [1.807, 2.05) is 0 Å². The molecule has 0 bridgehead atoms. The standard InChI is InChI=1S/C14H19ClN4O3/c1-14(2,3)22-13(21)17-9-6-12(20)19(7-9)11-5-8(15)4-10(16)18-11/h4-5,9H,6-7H2,1-3H3,(H2,16,18)(H,17,21)/t9-/m0/s1.